The Kier molecular flexibility index (Phi) is 6.96. The van der Waals surface area contributed by atoms with E-state index in [9.17, 15) is 14.4 Å². The molecule has 0 atom stereocenters. The molecule has 1 aromatic heterocycles. The highest BCUT2D eigenvalue weighted by Gasteiger charge is 2.33. The minimum atomic E-state index is -0.436. The molecule has 32 heavy (non-hydrogen) atoms. The van der Waals surface area contributed by atoms with Gasteiger partial charge < -0.3 is 15.5 Å². The third kappa shape index (κ3) is 5.22. The van der Waals surface area contributed by atoms with Crippen molar-refractivity contribution in [3.63, 3.8) is 0 Å². The second-order valence-corrected chi connectivity index (χ2v) is 9.06. The number of carbonyl (C=O) groups is 3. The number of nitrogens with one attached hydrogen (secondary N) is 2. The number of anilines is 2. The Bertz CT molecular complexity index is 1020. The lowest BCUT2D eigenvalue weighted by Crippen LogP contribution is -2.40. The lowest BCUT2D eigenvalue weighted by Gasteiger charge is -2.34. The van der Waals surface area contributed by atoms with Crippen LogP contribution >= 0.6 is 23.2 Å². The van der Waals surface area contributed by atoms with E-state index in [2.05, 4.69) is 15.6 Å². The molecule has 2 aromatic rings. The Morgan fingerprint density at radius 1 is 1.00 bits per heavy atom. The van der Waals surface area contributed by atoms with Crippen molar-refractivity contribution in [1.29, 1.82) is 0 Å². The number of hydrogen-bond donors (Lipinski definition) is 2. The second kappa shape index (κ2) is 9.88. The summed E-state index contributed by atoms with van der Waals surface area (Å²) in [5.41, 5.74) is 0.640. The van der Waals surface area contributed by atoms with Gasteiger partial charge in [-0.15, -0.1) is 0 Å². The Hall–Kier alpha value is -2.64. The Balaban J connectivity index is 1.40. The van der Waals surface area contributed by atoms with Crippen LogP contribution in [0, 0.1) is 5.92 Å². The molecular weight excluding hydrogens is 451 g/mol. The fourth-order valence-corrected chi connectivity index (χ4v) is 4.67. The van der Waals surface area contributed by atoms with Crippen molar-refractivity contribution in [2.75, 3.05) is 17.2 Å². The number of halogens is 2. The van der Waals surface area contributed by atoms with Gasteiger partial charge in [-0.1, -0.05) is 23.2 Å². The van der Waals surface area contributed by atoms with E-state index in [4.69, 9.17) is 23.2 Å². The smallest absolute Gasteiger partial charge is 0.258 e. The van der Waals surface area contributed by atoms with Crippen LogP contribution in [0.25, 0.3) is 0 Å². The molecular formula is C23H24Cl2N4O3. The van der Waals surface area contributed by atoms with Crippen LogP contribution in [0.2, 0.25) is 10.0 Å². The van der Waals surface area contributed by atoms with E-state index < -0.39 is 5.91 Å². The van der Waals surface area contributed by atoms with Crippen LogP contribution in [0.5, 0.6) is 0 Å². The molecule has 2 heterocycles. The van der Waals surface area contributed by atoms with E-state index >= 15 is 0 Å². The first kappa shape index (κ1) is 22.6. The van der Waals surface area contributed by atoms with E-state index in [1.165, 1.54) is 12.3 Å². The van der Waals surface area contributed by atoms with Gasteiger partial charge in [0.1, 0.15) is 5.82 Å². The average molecular weight is 475 g/mol. The monoisotopic (exact) mass is 474 g/mol. The SMILES string of the molecule is O=C(Nc1ccc(Cl)cn1)c1cc(Cl)ccc1NC(=O)C1CCC(N2CCCC2=O)CC1. The Labute approximate surface area is 196 Å². The van der Waals surface area contributed by atoms with Gasteiger partial charge in [-0.05, 0) is 62.4 Å². The third-order valence-electron chi connectivity index (χ3n) is 6.07. The number of aromatic nitrogens is 1. The molecule has 168 valence electrons. The quantitative estimate of drug-likeness (QED) is 0.653. The summed E-state index contributed by atoms with van der Waals surface area (Å²) >= 11 is 11.9. The lowest BCUT2D eigenvalue weighted by atomic mass is 9.84. The zero-order valence-corrected chi connectivity index (χ0v) is 19.0. The molecule has 0 bridgehead atoms. The topological polar surface area (TPSA) is 91.4 Å². The first-order valence-corrected chi connectivity index (χ1v) is 11.5. The van der Waals surface area contributed by atoms with Crippen molar-refractivity contribution < 1.29 is 14.4 Å². The molecule has 0 unspecified atom stereocenters. The molecule has 9 heteroatoms. The van der Waals surface area contributed by atoms with Gasteiger partial charge in [0, 0.05) is 36.1 Å². The summed E-state index contributed by atoms with van der Waals surface area (Å²) in [5, 5.41) is 6.43. The normalized spacial score (nSPS) is 20.8. The summed E-state index contributed by atoms with van der Waals surface area (Å²) in [6.07, 6.45) is 6.05. The highest BCUT2D eigenvalue weighted by Crippen LogP contribution is 2.31. The van der Waals surface area contributed by atoms with Gasteiger partial charge in [-0.2, -0.15) is 0 Å². The van der Waals surface area contributed by atoms with Crippen LogP contribution < -0.4 is 10.6 Å². The molecule has 4 rings (SSSR count). The first-order chi connectivity index (χ1) is 15.4. The van der Waals surface area contributed by atoms with E-state index in [-0.39, 0.29) is 29.3 Å². The molecule has 3 amide bonds. The summed E-state index contributed by atoms with van der Waals surface area (Å²) in [6.45, 7) is 0.825. The molecule has 0 radical (unpaired) electrons. The minimum absolute atomic E-state index is 0.128. The summed E-state index contributed by atoms with van der Waals surface area (Å²) < 4.78 is 0. The summed E-state index contributed by atoms with van der Waals surface area (Å²) in [6, 6.07) is 8.21. The molecule has 1 aliphatic carbocycles. The number of nitrogens with zero attached hydrogens (tertiary/aromatic N) is 2. The third-order valence-corrected chi connectivity index (χ3v) is 6.53. The van der Waals surface area contributed by atoms with Crippen molar-refractivity contribution in [3.05, 3.63) is 52.1 Å². The molecule has 2 N–H and O–H groups in total. The highest BCUT2D eigenvalue weighted by molar-refractivity contribution is 6.31. The lowest BCUT2D eigenvalue weighted by molar-refractivity contribution is -0.130. The molecule has 7 nitrogen and oxygen atoms in total. The zero-order chi connectivity index (χ0) is 22.7. The second-order valence-electron chi connectivity index (χ2n) is 8.19. The van der Waals surface area contributed by atoms with Gasteiger partial charge in [-0.25, -0.2) is 4.98 Å². The first-order valence-electron chi connectivity index (χ1n) is 10.7. The fourth-order valence-electron chi connectivity index (χ4n) is 4.39. The van der Waals surface area contributed by atoms with Crippen molar-refractivity contribution >= 4 is 52.4 Å². The van der Waals surface area contributed by atoms with Crippen LogP contribution in [0.4, 0.5) is 11.5 Å². The number of carbonyl (C=O) groups excluding carboxylic acids is 3. The summed E-state index contributed by atoms with van der Waals surface area (Å²) in [4.78, 5) is 43.8. The van der Waals surface area contributed by atoms with Crippen molar-refractivity contribution in [2.45, 2.75) is 44.6 Å². The van der Waals surface area contributed by atoms with Gasteiger partial charge in [0.05, 0.1) is 16.3 Å². The number of likely N-dealkylation sites (tertiary alicyclic amines) is 1. The van der Waals surface area contributed by atoms with E-state index in [1.54, 1.807) is 24.3 Å². The molecule has 0 spiro atoms. The van der Waals surface area contributed by atoms with Crippen LogP contribution in [0.15, 0.2) is 36.5 Å². The number of pyridine rings is 1. The van der Waals surface area contributed by atoms with E-state index in [0.717, 1.165) is 25.8 Å². The average Bonchev–Trinajstić information content (AvgIpc) is 3.22. The van der Waals surface area contributed by atoms with Crippen molar-refractivity contribution in [1.82, 2.24) is 9.88 Å². The van der Waals surface area contributed by atoms with Gasteiger partial charge in [-0.3, -0.25) is 14.4 Å². The maximum atomic E-state index is 12.9. The number of hydrogen-bond acceptors (Lipinski definition) is 4. The number of amides is 3. The van der Waals surface area contributed by atoms with E-state index in [0.29, 0.717) is 40.8 Å². The van der Waals surface area contributed by atoms with Crippen molar-refractivity contribution in [3.8, 4) is 0 Å². The van der Waals surface area contributed by atoms with Gasteiger partial charge in [0.2, 0.25) is 11.8 Å². The minimum Gasteiger partial charge on any atom is -0.340 e. The molecule has 2 fully saturated rings. The number of rotatable bonds is 5. The molecule has 2 aliphatic rings. The maximum absolute atomic E-state index is 12.9. The van der Waals surface area contributed by atoms with E-state index in [1.807, 2.05) is 4.90 Å². The number of benzene rings is 1. The van der Waals surface area contributed by atoms with Crippen LogP contribution in [-0.4, -0.2) is 40.2 Å². The molecule has 1 saturated heterocycles. The Morgan fingerprint density at radius 3 is 2.41 bits per heavy atom. The highest BCUT2D eigenvalue weighted by atomic mass is 35.5. The van der Waals surface area contributed by atoms with Crippen molar-refractivity contribution in [2.24, 2.45) is 5.92 Å². The molecule has 1 saturated carbocycles. The Morgan fingerprint density at radius 2 is 1.75 bits per heavy atom. The van der Waals surface area contributed by atoms with Gasteiger partial charge in [0.25, 0.3) is 5.91 Å². The van der Waals surface area contributed by atoms with Crippen LogP contribution in [-0.2, 0) is 9.59 Å². The van der Waals surface area contributed by atoms with Crippen LogP contribution in [0.1, 0.15) is 48.9 Å². The zero-order valence-electron chi connectivity index (χ0n) is 17.4. The predicted molar refractivity (Wildman–Crippen MR) is 124 cm³/mol. The molecule has 1 aliphatic heterocycles. The fraction of sp³-hybridized carbons (Fsp3) is 0.391. The largest absolute Gasteiger partial charge is 0.340 e. The predicted octanol–water partition coefficient (Wildman–Crippen LogP) is 4.76. The van der Waals surface area contributed by atoms with Gasteiger partial charge in [0.15, 0.2) is 0 Å². The summed E-state index contributed by atoms with van der Waals surface area (Å²) in [5.74, 6) is -0.157. The molecule has 1 aromatic carbocycles. The summed E-state index contributed by atoms with van der Waals surface area (Å²) in [7, 11) is 0. The van der Waals surface area contributed by atoms with Gasteiger partial charge >= 0.3 is 0 Å². The van der Waals surface area contributed by atoms with Crippen LogP contribution in [0.3, 0.4) is 0 Å². The standard InChI is InChI=1S/C23H24Cl2N4O3/c24-15-5-9-19(18(12-15)23(32)28-20-10-6-16(25)13-26-20)27-22(31)14-3-7-17(8-4-14)29-11-1-2-21(29)30/h5-6,9-10,12-14,17H,1-4,7-8,11H2,(H,27,31)(H,26,28,32). The maximum Gasteiger partial charge on any atom is 0.258 e.